The fourth-order valence-corrected chi connectivity index (χ4v) is 3.24. The third kappa shape index (κ3) is 11.3. The maximum absolute atomic E-state index is 11.3. The normalized spacial score (nSPS) is 20.9. The van der Waals surface area contributed by atoms with Gasteiger partial charge in [-0.1, -0.05) is 0 Å². The molecule has 0 aromatic rings. The van der Waals surface area contributed by atoms with Crippen molar-refractivity contribution in [1.82, 2.24) is 0 Å². The Morgan fingerprint density at radius 3 is 2.00 bits per heavy atom. The van der Waals surface area contributed by atoms with Gasteiger partial charge in [-0.05, 0) is 70.6 Å². The van der Waals surface area contributed by atoms with Crippen LogP contribution < -0.4 is 0 Å². The summed E-state index contributed by atoms with van der Waals surface area (Å²) in [5.74, 6) is 1.45. The fraction of sp³-hybridized carbons (Fsp3) is 0.895. The summed E-state index contributed by atoms with van der Waals surface area (Å²) in [5.41, 5.74) is 0. The molecule has 0 heterocycles. The number of Topliss-reactive ketones (excluding diaryl/α,β-unsaturated/α-hetero) is 1. The van der Waals surface area contributed by atoms with Crippen LogP contribution in [0.1, 0.15) is 64.7 Å². The Morgan fingerprint density at radius 2 is 1.46 bits per heavy atom. The molecule has 0 aromatic carbocycles. The average molecular weight is 362 g/mol. The number of rotatable bonds is 15. The summed E-state index contributed by atoms with van der Waals surface area (Å²) in [4.78, 5) is 11.3. The van der Waals surface area contributed by atoms with Gasteiger partial charge in [0.05, 0.1) is 0 Å². The molecular formula is C19H34ClO4+. The quantitative estimate of drug-likeness (QED) is 0.312. The second-order valence-corrected chi connectivity index (χ2v) is 6.89. The number of unbranched alkanes of at least 4 members (excludes halogenated alkanes) is 2. The van der Waals surface area contributed by atoms with Crippen LogP contribution in [-0.4, -0.2) is 38.8 Å². The maximum Gasteiger partial charge on any atom is 0.335 e. The Bertz CT molecular complexity index is 304. The van der Waals surface area contributed by atoms with Crippen molar-refractivity contribution >= 4 is 17.4 Å². The van der Waals surface area contributed by atoms with Gasteiger partial charge in [0.15, 0.2) is 11.6 Å². The Labute approximate surface area is 152 Å². The SMILES string of the molecule is CC(=O)C1CCC(CCOCCCCOCCCCO[CH+]Cl)CC1. The highest BCUT2D eigenvalue weighted by Crippen LogP contribution is 2.31. The monoisotopic (exact) mass is 361 g/mol. The fourth-order valence-electron chi connectivity index (χ4n) is 3.15. The van der Waals surface area contributed by atoms with Gasteiger partial charge in [-0.15, -0.1) is 0 Å². The van der Waals surface area contributed by atoms with Crippen molar-refractivity contribution in [3.63, 3.8) is 0 Å². The van der Waals surface area contributed by atoms with Crippen molar-refractivity contribution in [2.45, 2.75) is 64.7 Å². The van der Waals surface area contributed by atoms with Gasteiger partial charge in [0, 0.05) is 32.3 Å². The Hall–Kier alpha value is -0.290. The summed E-state index contributed by atoms with van der Waals surface area (Å²) in [6, 6.07) is 1.21. The molecule has 1 aliphatic rings. The number of ketones is 1. The van der Waals surface area contributed by atoms with Crippen LogP contribution in [0.4, 0.5) is 0 Å². The largest absolute Gasteiger partial charge is 0.381 e. The van der Waals surface area contributed by atoms with E-state index in [1.165, 1.54) is 18.9 Å². The molecule has 0 unspecified atom stereocenters. The number of carbonyl (C=O) groups excluding carboxylic acids is 1. The lowest BCUT2D eigenvalue weighted by molar-refractivity contribution is -0.121. The van der Waals surface area contributed by atoms with E-state index in [1.807, 2.05) is 0 Å². The van der Waals surface area contributed by atoms with Crippen LogP contribution in [-0.2, 0) is 19.0 Å². The van der Waals surface area contributed by atoms with E-state index in [0.717, 1.165) is 77.3 Å². The molecule has 0 aliphatic heterocycles. The van der Waals surface area contributed by atoms with Crippen molar-refractivity contribution < 1.29 is 19.0 Å². The van der Waals surface area contributed by atoms with Crippen LogP contribution >= 0.6 is 11.6 Å². The highest BCUT2D eigenvalue weighted by Gasteiger charge is 2.23. The molecule has 0 amide bonds. The first kappa shape index (κ1) is 21.8. The van der Waals surface area contributed by atoms with Gasteiger partial charge in [-0.25, -0.2) is 0 Å². The van der Waals surface area contributed by atoms with E-state index < -0.39 is 0 Å². The van der Waals surface area contributed by atoms with Crippen molar-refractivity contribution in [2.24, 2.45) is 11.8 Å². The van der Waals surface area contributed by atoms with Crippen molar-refractivity contribution in [1.29, 1.82) is 0 Å². The molecule has 140 valence electrons. The summed E-state index contributed by atoms with van der Waals surface area (Å²) >= 11 is 5.29. The third-order valence-electron chi connectivity index (χ3n) is 4.78. The van der Waals surface area contributed by atoms with E-state index in [1.54, 1.807) is 6.92 Å². The first-order valence-electron chi connectivity index (χ1n) is 9.43. The molecular weight excluding hydrogens is 328 g/mol. The molecule has 1 fully saturated rings. The van der Waals surface area contributed by atoms with Gasteiger partial charge in [0.2, 0.25) is 0 Å². The van der Waals surface area contributed by atoms with E-state index in [9.17, 15) is 4.79 Å². The molecule has 0 atom stereocenters. The zero-order chi connectivity index (χ0) is 17.5. The topological polar surface area (TPSA) is 44.8 Å². The zero-order valence-corrected chi connectivity index (χ0v) is 15.9. The number of hydrogen-bond acceptors (Lipinski definition) is 4. The number of ether oxygens (including phenoxy) is 3. The second kappa shape index (κ2) is 15.0. The molecule has 0 aromatic heterocycles. The number of carbonyl (C=O) groups is 1. The van der Waals surface area contributed by atoms with Gasteiger partial charge in [0.1, 0.15) is 12.4 Å². The summed E-state index contributed by atoms with van der Waals surface area (Å²) in [7, 11) is 0. The summed E-state index contributed by atoms with van der Waals surface area (Å²) < 4.78 is 16.2. The minimum atomic E-state index is 0.327. The van der Waals surface area contributed by atoms with Gasteiger partial charge >= 0.3 is 6.07 Å². The van der Waals surface area contributed by atoms with E-state index >= 15 is 0 Å². The lowest BCUT2D eigenvalue weighted by atomic mass is 9.79. The first-order valence-corrected chi connectivity index (χ1v) is 9.87. The van der Waals surface area contributed by atoms with Crippen molar-refractivity contribution in [3.05, 3.63) is 6.07 Å². The molecule has 5 heteroatoms. The smallest absolute Gasteiger partial charge is 0.335 e. The predicted octanol–water partition coefficient (Wildman–Crippen LogP) is 4.74. The van der Waals surface area contributed by atoms with Gasteiger partial charge in [-0.2, -0.15) is 4.74 Å². The molecule has 0 N–H and O–H groups in total. The molecule has 24 heavy (non-hydrogen) atoms. The minimum absolute atomic E-state index is 0.327. The van der Waals surface area contributed by atoms with Crippen LogP contribution in [0.3, 0.4) is 0 Å². The molecule has 0 saturated heterocycles. The van der Waals surface area contributed by atoms with Gasteiger partial charge < -0.3 is 9.47 Å². The van der Waals surface area contributed by atoms with Gasteiger partial charge in [-0.3, -0.25) is 4.79 Å². The lowest BCUT2D eigenvalue weighted by Gasteiger charge is -2.26. The summed E-state index contributed by atoms with van der Waals surface area (Å²) in [6.45, 7) is 5.67. The maximum atomic E-state index is 11.3. The second-order valence-electron chi connectivity index (χ2n) is 6.72. The van der Waals surface area contributed by atoms with E-state index in [4.69, 9.17) is 25.8 Å². The Balaban J connectivity index is 1.77. The molecule has 1 saturated carbocycles. The molecule has 1 rings (SSSR count). The lowest BCUT2D eigenvalue weighted by Crippen LogP contribution is -2.20. The molecule has 0 spiro atoms. The number of halogens is 1. The van der Waals surface area contributed by atoms with Gasteiger partial charge in [0.25, 0.3) is 0 Å². The Morgan fingerprint density at radius 1 is 0.917 bits per heavy atom. The minimum Gasteiger partial charge on any atom is -0.381 e. The highest BCUT2D eigenvalue weighted by molar-refractivity contribution is 6.22. The zero-order valence-electron chi connectivity index (χ0n) is 15.1. The van der Waals surface area contributed by atoms with Crippen molar-refractivity contribution in [3.8, 4) is 0 Å². The summed E-state index contributed by atoms with van der Waals surface area (Å²) in [5, 5.41) is 0. The molecule has 0 radical (unpaired) electrons. The van der Waals surface area contributed by atoms with E-state index in [0.29, 0.717) is 18.3 Å². The predicted molar refractivity (Wildman–Crippen MR) is 97.0 cm³/mol. The first-order chi connectivity index (χ1) is 11.7. The highest BCUT2D eigenvalue weighted by atomic mass is 35.5. The molecule has 4 nitrogen and oxygen atoms in total. The Kier molecular flexibility index (Phi) is 13.6. The van der Waals surface area contributed by atoms with Crippen LogP contribution in [0.15, 0.2) is 0 Å². The van der Waals surface area contributed by atoms with Crippen LogP contribution in [0.2, 0.25) is 0 Å². The van der Waals surface area contributed by atoms with E-state index in [-0.39, 0.29) is 0 Å². The standard InChI is InChI=1S/C19H34ClO4/c1-17(21)19-8-6-18(7-9-19)10-15-23-13-3-2-11-22-12-4-5-14-24-16-20/h16,18-19H,2-15H2,1H3/q+1. The van der Waals surface area contributed by atoms with Crippen LogP contribution in [0.25, 0.3) is 0 Å². The van der Waals surface area contributed by atoms with Crippen LogP contribution in [0.5, 0.6) is 0 Å². The molecule has 0 bridgehead atoms. The number of hydrogen-bond donors (Lipinski definition) is 0. The average Bonchev–Trinajstić information content (AvgIpc) is 2.59. The van der Waals surface area contributed by atoms with Crippen molar-refractivity contribution in [2.75, 3.05) is 33.0 Å². The molecule has 1 aliphatic carbocycles. The third-order valence-corrected chi connectivity index (χ3v) is 4.91. The van der Waals surface area contributed by atoms with Crippen LogP contribution in [0, 0.1) is 17.9 Å². The summed E-state index contributed by atoms with van der Waals surface area (Å²) in [6.07, 6.45) is 9.76. The van der Waals surface area contributed by atoms with E-state index in [2.05, 4.69) is 0 Å².